The van der Waals surface area contributed by atoms with Crippen LogP contribution in [0, 0.1) is 0 Å². The Balaban J connectivity index is 0. The van der Waals surface area contributed by atoms with Crippen LogP contribution in [0.1, 0.15) is 245 Å². The molecule has 5 nitrogen and oxygen atoms in total. The number of carbonyl (C=O) groups excluding carboxylic acids is 3. The fourth-order valence-electron chi connectivity index (χ4n) is 6.66. The summed E-state index contributed by atoms with van der Waals surface area (Å²) in [6, 6.07) is 0. The summed E-state index contributed by atoms with van der Waals surface area (Å²) >= 11 is 3.11. The molecule has 0 aliphatic rings. The van der Waals surface area contributed by atoms with Crippen molar-refractivity contribution in [2.75, 3.05) is 0 Å². The van der Waals surface area contributed by atoms with Gasteiger partial charge in [-0.05, 0) is 12.8 Å². The maximum atomic E-state index is 12.4. The molecule has 0 spiro atoms. The highest BCUT2D eigenvalue weighted by atomic mass is 32.1. The number of rotatable bonds is 38. The minimum Gasteiger partial charge on any atom is -0.485 e. The molecule has 0 N–H and O–H groups in total. The van der Waals surface area contributed by atoms with Gasteiger partial charge in [-0.25, -0.2) is 0 Å². The van der Waals surface area contributed by atoms with E-state index in [1.165, 1.54) is 193 Å². The number of hydrogen-bond donors (Lipinski definition) is 1. The van der Waals surface area contributed by atoms with E-state index in [0.29, 0.717) is 18.5 Å². The summed E-state index contributed by atoms with van der Waals surface area (Å²) in [5.74, 6) is -0.402. The Labute approximate surface area is 319 Å². The Bertz CT molecular complexity index is 717. The van der Waals surface area contributed by atoms with Gasteiger partial charge in [0, 0.05) is 25.9 Å². The minimum absolute atomic E-state index is 0.201. The zero-order valence-corrected chi connectivity index (χ0v) is 35.9. The van der Waals surface area contributed by atoms with Gasteiger partial charge in [-0.2, -0.15) is 0 Å². The lowest BCUT2D eigenvalue weighted by atomic mass is 10.0. The lowest BCUT2D eigenvalue weighted by Gasteiger charge is -2.22. The molecule has 7 heteroatoms. The lowest BCUT2D eigenvalue weighted by molar-refractivity contribution is -0.141. The van der Waals surface area contributed by atoms with Gasteiger partial charge in [0.25, 0.3) is 11.9 Å². The van der Waals surface area contributed by atoms with Crippen molar-refractivity contribution in [3.63, 3.8) is 0 Å². The molecule has 0 amide bonds. The third-order valence-corrected chi connectivity index (χ3v) is 11.1. The quantitative estimate of drug-likeness (QED) is 0.0295. The van der Waals surface area contributed by atoms with E-state index in [2.05, 4.69) is 26.5 Å². The largest absolute Gasteiger partial charge is 0.485 e. The molecule has 0 saturated carbocycles. The molecular formula is C43H86O5SSi. The van der Waals surface area contributed by atoms with Crippen molar-refractivity contribution in [3.8, 4) is 0 Å². The van der Waals surface area contributed by atoms with E-state index in [1.807, 2.05) is 13.1 Å². The zero-order chi connectivity index (χ0) is 37.2. The van der Waals surface area contributed by atoms with E-state index in [0.717, 1.165) is 25.7 Å². The fraction of sp³-hybridized carbons (Fsp3) is 0.930. The molecule has 0 rings (SSSR count). The third-order valence-electron chi connectivity index (χ3n) is 9.69. The fourth-order valence-corrected chi connectivity index (χ4v) is 8.00. The van der Waals surface area contributed by atoms with Gasteiger partial charge >= 0.3 is 8.56 Å². The monoisotopic (exact) mass is 743 g/mol. The van der Waals surface area contributed by atoms with Crippen LogP contribution in [0.15, 0.2) is 0 Å². The molecule has 0 aliphatic heterocycles. The van der Waals surface area contributed by atoms with Crippen molar-refractivity contribution >= 4 is 38.7 Å². The van der Waals surface area contributed by atoms with Gasteiger partial charge in [-0.3, -0.25) is 14.4 Å². The van der Waals surface area contributed by atoms with E-state index in [1.54, 1.807) is 0 Å². The molecule has 0 radical (unpaired) electrons. The number of hydrogen-bond acceptors (Lipinski definition) is 5. The molecule has 298 valence electrons. The lowest BCUT2D eigenvalue weighted by Crippen LogP contribution is -2.39. The second-order valence-electron chi connectivity index (χ2n) is 15.3. The number of thiol groups is 1. The molecule has 0 bridgehead atoms. The molecule has 0 aromatic rings. The molecule has 0 aliphatic carbocycles. The first-order valence-electron chi connectivity index (χ1n) is 21.8. The Kier molecular flexibility index (Phi) is 43.7. The predicted octanol–water partition coefficient (Wildman–Crippen LogP) is 15.0. The molecular weight excluding hydrogens is 657 g/mol. The second-order valence-corrected chi connectivity index (χ2v) is 18.7. The molecule has 0 fully saturated rings. The topological polar surface area (TPSA) is 69.7 Å². The van der Waals surface area contributed by atoms with E-state index in [9.17, 15) is 9.59 Å². The predicted molar refractivity (Wildman–Crippen MR) is 223 cm³/mol. The van der Waals surface area contributed by atoms with Crippen molar-refractivity contribution in [1.82, 2.24) is 0 Å². The summed E-state index contributed by atoms with van der Waals surface area (Å²) in [6.07, 6.45) is 46.0. The first kappa shape index (κ1) is 51.3. The van der Waals surface area contributed by atoms with Gasteiger partial charge in [0.2, 0.25) is 0 Å². The van der Waals surface area contributed by atoms with E-state index >= 15 is 0 Å². The van der Waals surface area contributed by atoms with Crippen LogP contribution >= 0.6 is 12.6 Å². The van der Waals surface area contributed by atoms with Crippen molar-refractivity contribution in [2.24, 2.45) is 0 Å². The van der Waals surface area contributed by atoms with Crippen LogP contribution in [0.5, 0.6) is 0 Å². The Morgan fingerprint density at radius 1 is 0.400 bits per heavy atom. The third kappa shape index (κ3) is 45.2. The molecule has 0 aromatic heterocycles. The van der Waals surface area contributed by atoms with E-state index in [-0.39, 0.29) is 11.9 Å². The van der Waals surface area contributed by atoms with Crippen LogP contribution in [-0.2, 0) is 23.2 Å². The molecule has 0 unspecified atom stereocenters. The SMILES string of the molecule is CCCCCCCCCCCCCCCCCCCCCC(=O)O[Si](C)(C)OC(=O)CCCCCCCCCCCCCCCCC.O=CS. The van der Waals surface area contributed by atoms with E-state index in [4.69, 9.17) is 13.6 Å². The summed E-state index contributed by atoms with van der Waals surface area (Å²) in [5.41, 5.74) is 0.444. The maximum absolute atomic E-state index is 12.4. The van der Waals surface area contributed by atoms with Crippen LogP contribution in [0.25, 0.3) is 0 Å². The zero-order valence-electron chi connectivity index (χ0n) is 34.0. The highest BCUT2D eigenvalue weighted by molar-refractivity contribution is 7.94. The van der Waals surface area contributed by atoms with Gasteiger partial charge in [0.15, 0.2) is 5.62 Å². The summed E-state index contributed by atoms with van der Waals surface area (Å²) < 4.78 is 11.3. The van der Waals surface area contributed by atoms with Crippen molar-refractivity contribution < 1.29 is 23.2 Å². The highest BCUT2D eigenvalue weighted by Crippen LogP contribution is 2.17. The molecule has 0 atom stereocenters. The highest BCUT2D eigenvalue weighted by Gasteiger charge is 2.33. The maximum Gasteiger partial charge on any atom is 0.457 e. The molecule has 0 saturated heterocycles. The van der Waals surface area contributed by atoms with Crippen LogP contribution < -0.4 is 0 Å². The van der Waals surface area contributed by atoms with Crippen molar-refractivity contribution in [3.05, 3.63) is 0 Å². The van der Waals surface area contributed by atoms with Crippen molar-refractivity contribution in [1.29, 1.82) is 0 Å². The summed E-state index contributed by atoms with van der Waals surface area (Å²) in [5, 5.41) is 0. The molecule has 0 aromatic carbocycles. The van der Waals surface area contributed by atoms with Gasteiger partial charge in [-0.1, -0.05) is 219 Å². The van der Waals surface area contributed by atoms with E-state index < -0.39 is 8.56 Å². The Morgan fingerprint density at radius 2 is 0.560 bits per heavy atom. The van der Waals surface area contributed by atoms with Gasteiger partial charge < -0.3 is 8.85 Å². The Morgan fingerprint density at radius 3 is 0.740 bits per heavy atom. The first-order chi connectivity index (χ1) is 24.3. The summed E-state index contributed by atoms with van der Waals surface area (Å²) in [7, 11) is -2.75. The smallest absolute Gasteiger partial charge is 0.457 e. The number of unbranched alkanes of at least 4 members (excludes halogenated alkanes) is 32. The normalized spacial score (nSPS) is 11.2. The van der Waals surface area contributed by atoms with Crippen LogP contribution in [0.3, 0.4) is 0 Å². The average molecular weight is 743 g/mol. The Hall–Kier alpha value is -0.823. The summed E-state index contributed by atoms with van der Waals surface area (Å²) in [6.45, 7) is 8.19. The summed E-state index contributed by atoms with van der Waals surface area (Å²) in [4.78, 5) is 33.4. The minimum atomic E-state index is -2.75. The first-order valence-corrected chi connectivity index (χ1v) is 25.2. The average Bonchev–Trinajstić information content (AvgIpc) is 3.07. The number of carbonyl (C=O) groups is 3. The molecule has 50 heavy (non-hydrogen) atoms. The van der Waals surface area contributed by atoms with Gasteiger partial charge in [-0.15, -0.1) is 12.6 Å². The van der Waals surface area contributed by atoms with Gasteiger partial charge in [0.1, 0.15) is 0 Å². The van der Waals surface area contributed by atoms with Crippen LogP contribution in [0.2, 0.25) is 13.1 Å². The van der Waals surface area contributed by atoms with Crippen LogP contribution in [0.4, 0.5) is 0 Å². The standard InChI is InChI=1S/C42H84O4Si.CH2OS/c1-5-7-9-11-13-15-17-19-21-22-23-24-26-28-30-32-34-36-38-40-42(44)46-47(3,4)45-41(43)39-37-35-33-31-29-27-25-20-18-16-14-12-10-8-6-2;2-1-3/h5-40H2,1-4H3;1H,(H,2,3). The van der Waals surface area contributed by atoms with Gasteiger partial charge in [0.05, 0.1) is 0 Å². The second kappa shape index (κ2) is 42.6. The van der Waals surface area contributed by atoms with Crippen molar-refractivity contribution in [2.45, 2.75) is 258 Å². The molecule has 0 heterocycles. The van der Waals surface area contributed by atoms with Crippen LogP contribution in [-0.4, -0.2) is 26.1 Å².